The minimum atomic E-state index is -4.08. The summed E-state index contributed by atoms with van der Waals surface area (Å²) in [5.74, 6) is -2.27. The maximum absolute atomic E-state index is 13.0. The Morgan fingerprint density at radius 3 is 2.48 bits per heavy atom. The number of β-lactam (4-membered cyclic amide) rings is 1. The van der Waals surface area contributed by atoms with Crippen molar-refractivity contribution in [3.63, 3.8) is 0 Å². The van der Waals surface area contributed by atoms with Crippen molar-refractivity contribution in [1.82, 2.24) is 35.1 Å². The second-order valence-electron chi connectivity index (χ2n) is 11.3. The maximum Gasteiger partial charge on any atom is 0.352 e. The maximum atomic E-state index is 13.0. The third-order valence-electron chi connectivity index (χ3n) is 7.05. The van der Waals surface area contributed by atoms with Gasteiger partial charge in [-0.2, -0.15) is 4.72 Å². The molecular formula is C26H33N7O7S4. The minimum absolute atomic E-state index is 0.0332. The summed E-state index contributed by atoms with van der Waals surface area (Å²) < 4.78 is 29.5. The average molecular weight is 684 g/mol. The molecule has 2 aliphatic heterocycles. The quantitative estimate of drug-likeness (QED) is 0.135. The standard InChI is InChI=1S/C26H33N7O7S4/c1-26(2,3)15-8-10-16(11-9-15)44(39,40)29-17(23(35)36)6-5-7-18(41)27-19-21(34)33-20(24(37)38)14(12-42-22(19)33)13-43-25-28-30-31-32(25)4/h8-11,17,19,22,29H,5-7,12-13H2,1-4H3,(H,27,41)(H,35,36)(H,37,38)/t17?,19?,22-/m0/s1. The number of aliphatic carboxylic acids is 2. The van der Waals surface area contributed by atoms with Crippen molar-refractivity contribution < 1.29 is 33.0 Å². The molecule has 1 aromatic heterocycles. The summed E-state index contributed by atoms with van der Waals surface area (Å²) in [5, 5.41) is 33.8. The molecule has 2 aromatic rings. The highest BCUT2D eigenvalue weighted by atomic mass is 32.2. The molecule has 1 amide bonds. The molecule has 0 spiro atoms. The van der Waals surface area contributed by atoms with Crippen molar-refractivity contribution in [2.24, 2.45) is 7.05 Å². The van der Waals surface area contributed by atoms with Gasteiger partial charge >= 0.3 is 11.9 Å². The molecule has 1 fully saturated rings. The molecule has 0 bridgehead atoms. The van der Waals surface area contributed by atoms with Gasteiger partial charge in [-0.1, -0.05) is 56.9 Å². The van der Waals surface area contributed by atoms with E-state index in [4.69, 9.17) is 12.2 Å². The smallest absolute Gasteiger partial charge is 0.352 e. The number of hydrogen-bond acceptors (Lipinski definition) is 11. The Morgan fingerprint density at radius 1 is 1.23 bits per heavy atom. The molecule has 2 unspecified atom stereocenters. The molecule has 44 heavy (non-hydrogen) atoms. The second-order valence-corrected chi connectivity index (χ2v) is 15.5. The van der Waals surface area contributed by atoms with Crippen molar-refractivity contribution in [3.8, 4) is 0 Å². The fourth-order valence-electron chi connectivity index (χ4n) is 4.62. The van der Waals surface area contributed by atoms with E-state index < -0.39 is 45.3 Å². The van der Waals surface area contributed by atoms with Crippen molar-refractivity contribution >= 4 is 68.6 Å². The van der Waals surface area contributed by atoms with E-state index in [1.54, 1.807) is 19.2 Å². The highest BCUT2D eigenvalue weighted by molar-refractivity contribution is 8.01. The topological polar surface area (TPSA) is 197 Å². The lowest BCUT2D eigenvalue weighted by atomic mass is 9.87. The Morgan fingerprint density at radius 2 is 1.91 bits per heavy atom. The van der Waals surface area contributed by atoms with E-state index in [0.29, 0.717) is 27.2 Å². The largest absolute Gasteiger partial charge is 0.480 e. The number of carboxylic acid groups (broad SMARTS) is 2. The Balaban J connectivity index is 1.30. The summed E-state index contributed by atoms with van der Waals surface area (Å²) in [5.41, 5.74) is 1.29. The summed E-state index contributed by atoms with van der Waals surface area (Å²) in [6.07, 6.45) is 0.403. The van der Waals surface area contributed by atoms with Crippen LogP contribution in [0.4, 0.5) is 0 Å². The monoisotopic (exact) mass is 683 g/mol. The normalized spacial score (nSPS) is 19.3. The second kappa shape index (κ2) is 13.5. The number of thiocarbonyl (C=S) groups is 1. The first-order chi connectivity index (χ1) is 20.6. The van der Waals surface area contributed by atoms with Crippen LogP contribution >= 0.6 is 35.7 Å². The predicted molar refractivity (Wildman–Crippen MR) is 168 cm³/mol. The number of aromatic nitrogens is 4. The first kappa shape index (κ1) is 33.8. The minimum Gasteiger partial charge on any atom is -0.480 e. The highest BCUT2D eigenvalue weighted by Gasteiger charge is 2.53. The van der Waals surface area contributed by atoms with Gasteiger partial charge in [-0.05, 0) is 58.4 Å². The van der Waals surface area contributed by atoms with Gasteiger partial charge in [-0.15, -0.1) is 16.9 Å². The molecule has 14 nitrogen and oxygen atoms in total. The number of thioether (sulfide) groups is 2. The van der Waals surface area contributed by atoms with Gasteiger partial charge in [0.2, 0.25) is 15.2 Å². The molecular weight excluding hydrogens is 651 g/mol. The van der Waals surface area contributed by atoms with Crippen molar-refractivity contribution in [1.29, 1.82) is 0 Å². The van der Waals surface area contributed by atoms with Gasteiger partial charge in [0.25, 0.3) is 5.91 Å². The number of fused-ring (bicyclic) bond motifs is 1. The number of sulfonamides is 1. The van der Waals surface area contributed by atoms with Gasteiger partial charge in [0, 0.05) is 18.6 Å². The number of benzene rings is 1. The van der Waals surface area contributed by atoms with E-state index in [-0.39, 0.29) is 35.3 Å². The van der Waals surface area contributed by atoms with Crippen LogP contribution in [0.1, 0.15) is 45.6 Å². The lowest BCUT2D eigenvalue weighted by molar-refractivity contribution is -0.148. The van der Waals surface area contributed by atoms with E-state index in [0.717, 1.165) is 5.56 Å². The molecule has 238 valence electrons. The molecule has 2 aliphatic rings. The van der Waals surface area contributed by atoms with Gasteiger partial charge in [-0.3, -0.25) is 14.5 Å². The van der Waals surface area contributed by atoms with Gasteiger partial charge in [0.1, 0.15) is 23.2 Å². The van der Waals surface area contributed by atoms with Crippen LogP contribution in [0, 0.1) is 0 Å². The molecule has 0 saturated carbocycles. The summed E-state index contributed by atoms with van der Waals surface area (Å²) in [6, 6.07) is 4.19. The third-order valence-corrected chi connectivity index (χ3v) is 11.3. The van der Waals surface area contributed by atoms with Crippen LogP contribution in [0.3, 0.4) is 0 Å². The van der Waals surface area contributed by atoms with E-state index in [9.17, 15) is 33.0 Å². The third kappa shape index (κ3) is 7.59. The summed E-state index contributed by atoms with van der Waals surface area (Å²) in [6.45, 7) is 6.00. The van der Waals surface area contributed by atoms with Crippen LogP contribution in [0.5, 0.6) is 0 Å². The molecule has 3 atom stereocenters. The zero-order valence-electron chi connectivity index (χ0n) is 24.4. The number of carbonyl (C=O) groups is 3. The number of rotatable bonds is 13. The molecule has 1 saturated heterocycles. The zero-order valence-corrected chi connectivity index (χ0v) is 27.6. The first-order valence-electron chi connectivity index (χ1n) is 13.5. The molecule has 18 heteroatoms. The highest BCUT2D eigenvalue weighted by Crippen LogP contribution is 2.41. The SMILES string of the molecule is Cn1nnnc1SCC1=C(C(=O)O)N2C(=O)C(NC(=S)CCCC(NS(=O)(=O)c3ccc(C(C)(C)C)cc3)C(=O)O)[C@@H]2SC1. The van der Waals surface area contributed by atoms with Crippen LogP contribution in [-0.2, 0) is 36.9 Å². The van der Waals surface area contributed by atoms with Crippen LogP contribution < -0.4 is 10.0 Å². The number of carbonyl (C=O) groups excluding carboxylic acids is 1. The van der Waals surface area contributed by atoms with Crippen molar-refractivity contribution in [2.75, 3.05) is 11.5 Å². The Labute approximate surface area is 268 Å². The number of nitrogens with one attached hydrogen (secondary N) is 2. The van der Waals surface area contributed by atoms with Gasteiger partial charge in [0.15, 0.2) is 0 Å². The van der Waals surface area contributed by atoms with E-state index in [1.807, 2.05) is 20.8 Å². The number of nitrogens with zero attached hydrogens (tertiary/aromatic N) is 5. The number of carboxylic acids is 2. The Bertz CT molecular complexity index is 1590. The zero-order chi connectivity index (χ0) is 32.4. The molecule has 0 radical (unpaired) electrons. The van der Waals surface area contributed by atoms with E-state index in [1.165, 1.54) is 45.2 Å². The van der Waals surface area contributed by atoms with Crippen LogP contribution in [0.25, 0.3) is 0 Å². The lowest BCUT2D eigenvalue weighted by Crippen LogP contribution is -2.70. The fraction of sp³-hybridized carbons (Fsp3) is 0.500. The van der Waals surface area contributed by atoms with Crippen LogP contribution in [0.15, 0.2) is 45.6 Å². The van der Waals surface area contributed by atoms with E-state index >= 15 is 0 Å². The Kier molecular flexibility index (Phi) is 10.4. The molecule has 3 heterocycles. The molecule has 4 rings (SSSR count). The number of tetrazole rings is 1. The van der Waals surface area contributed by atoms with Gasteiger partial charge in [0.05, 0.1) is 9.88 Å². The number of aryl methyl sites for hydroxylation is 1. The van der Waals surface area contributed by atoms with Crippen LogP contribution in [-0.4, -0.2) is 95.5 Å². The van der Waals surface area contributed by atoms with Crippen molar-refractivity contribution in [3.05, 3.63) is 41.1 Å². The van der Waals surface area contributed by atoms with Crippen LogP contribution in [0.2, 0.25) is 0 Å². The van der Waals surface area contributed by atoms with Gasteiger partial charge < -0.3 is 15.5 Å². The molecule has 1 aromatic carbocycles. The number of amides is 1. The first-order valence-corrected chi connectivity index (χ1v) is 17.4. The Hall–Kier alpha value is -3.06. The summed E-state index contributed by atoms with van der Waals surface area (Å²) >= 11 is 8.08. The van der Waals surface area contributed by atoms with Gasteiger partial charge in [-0.25, -0.2) is 17.9 Å². The van der Waals surface area contributed by atoms with E-state index in [2.05, 4.69) is 25.6 Å². The van der Waals surface area contributed by atoms with Crippen molar-refractivity contribution in [2.45, 2.75) is 73.0 Å². The predicted octanol–water partition coefficient (Wildman–Crippen LogP) is 1.74. The molecule has 4 N–H and O–H groups in total. The molecule has 0 aliphatic carbocycles. The lowest BCUT2D eigenvalue weighted by Gasteiger charge is -2.49. The average Bonchev–Trinajstić information content (AvgIpc) is 3.37. The number of hydrogen-bond donors (Lipinski definition) is 4. The summed E-state index contributed by atoms with van der Waals surface area (Å²) in [4.78, 5) is 38.5. The summed E-state index contributed by atoms with van der Waals surface area (Å²) in [7, 11) is -2.41. The fourth-order valence-corrected chi connectivity index (χ4v) is 8.45.